The summed E-state index contributed by atoms with van der Waals surface area (Å²) in [5.74, 6) is 0.489. The number of hydrogen-bond acceptors (Lipinski definition) is 4. The summed E-state index contributed by atoms with van der Waals surface area (Å²) in [4.78, 5) is 12.5. The molecule has 3 rings (SSSR count). The van der Waals surface area contributed by atoms with Gasteiger partial charge >= 0.3 is 5.97 Å². The molecule has 130 valence electrons. The third-order valence-electron chi connectivity index (χ3n) is 5.99. The quantitative estimate of drug-likeness (QED) is 0.491. The van der Waals surface area contributed by atoms with Crippen LogP contribution in [0.3, 0.4) is 0 Å². The second kappa shape index (κ2) is 5.92. The van der Waals surface area contributed by atoms with Crippen LogP contribution in [-0.2, 0) is 9.53 Å². The number of furan rings is 1. The largest absolute Gasteiger partial charge is 0.465 e. The molecule has 0 aliphatic heterocycles. The SMILES string of the molecule is CC=C(C)C(=O)OC1c2c(C)coc2C(O)C2=CCCC(C)C21C. The molecule has 1 N–H and O–H groups in total. The Labute approximate surface area is 143 Å². The van der Waals surface area contributed by atoms with Crippen LogP contribution in [0, 0.1) is 18.3 Å². The van der Waals surface area contributed by atoms with Gasteiger partial charge in [-0.2, -0.15) is 0 Å². The molecule has 0 amide bonds. The molecule has 0 spiro atoms. The van der Waals surface area contributed by atoms with E-state index in [1.165, 1.54) is 0 Å². The minimum atomic E-state index is -0.765. The molecule has 1 aromatic rings. The molecular formula is C20H26O4. The number of aliphatic hydroxyl groups excluding tert-OH is 1. The lowest BCUT2D eigenvalue weighted by Gasteiger charge is -2.50. The number of allylic oxidation sites excluding steroid dienone is 2. The Morgan fingerprint density at radius 3 is 2.88 bits per heavy atom. The van der Waals surface area contributed by atoms with E-state index in [1.807, 2.05) is 13.8 Å². The zero-order valence-electron chi connectivity index (χ0n) is 15.1. The van der Waals surface area contributed by atoms with Gasteiger partial charge in [-0.3, -0.25) is 0 Å². The van der Waals surface area contributed by atoms with Crippen LogP contribution < -0.4 is 0 Å². The van der Waals surface area contributed by atoms with E-state index in [9.17, 15) is 9.90 Å². The van der Waals surface area contributed by atoms with Crippen LogP contribution in [0.25, 0.3) is 0 Å². The first-order chi connectivity index (χ1) is 11.3. The van der Waals surface area contributed by atoms with Crippen LogP contribution in [-0.4, -0.2) is 11.1 Å². The van der Waals surface area contributed by atoms with Gasteiger partial charge in [0.25, 0.3) is 0 Å². The van der Waals surface area contributed by atoms with Gasteiger partial charge in [-0.25, -0.2) is 4.79 Å². The number of carbonyl (C=O) groups excluding carboxylic acids is 1. The molecule has 4 atom stereocenters. The normalized spacial score (nSPS) is 32.7. The molecule has 2 aliphatic rings. The van der Waals surface area contributed by atoms with E-state index in [-0.39, 0.29) is 5.97 Å². The monoisotopic (exact) mass is 330 g/mol. The highest BCUT2D eigenvalue weighted by molar-refractivity contribution is 5.88. The molecule has 0 saturated carbocycles. The zero-order valence-corrected chi connectivity index (χ0v) is 15.1. The van der Waals surface area contributed by atoms with Crippen LogP contribution in [0.15, 0.2) is 34.0 Å². The summed E-state index contributed by atoms with van der Waals surface area (Å²) >= 11 is 0. The molecule has 1 heterocycles. The van der Waals surface area contributed by atoms with Crippen molar-refractivity contribution in [1.29, 1.82) is 0 Å². The van der Waals surface area contributed by atoms with Gasteiger partial charge in [0.15, 0.2) is 0 Å². The summed E-state index contributed by atoms with van der Waals surface area (Å²) in [7, 11) is 0. The van der Waals surface area contributed by atoms with Crippen molar-refractivity contribution in [3.8, 4) is 0 Å². The number of rotatable bonds is 2. The Morgan fingerprint density at radius 2 is 2.21 bits per heavy atom. The summed E-state index contributed by atoms with van der Waals surface area (Å²) in [5, 5.41) is 10.8. The first-order valence-electron chi connectivity index (χ1n) is 8.62. The molecule has 24 heavy (non-hydrogen) atoms. The average molecular weight is 330 g/mol. The van der Waals surface area contributed by atoms with E-state index >= 15 is 0 Å². The second-order valence-corrected chi connectivity index (χ2v) is 7.28. The summed E-state index contributed by atoms with van der Waals surface area (Å²) in [6.07, 6.45) is 6.21. The van der Waals surface area contributed by atoms with Gasteiger partial charge < -0.3 is 14.3 Å². The van der Waals surface area contributed by atoms with Gasteiger partial charge in [0, 0.05) is 16.6 Å². The number of hydrogen-bond donors (Lipinski definition) is 1. The van der Waals surface area contributed by atoms with Gasteiger partial charge in [-0.15, -0.1) is 0 Å². The van der Waals surface area contributed by atoms with Crippen molar-refractivity contribution >= 4 is 5.97 Å². The first kappa shape index (κ1) is 17.0. The van der Waals surface area contributed by atoms with Crippen LogP contribution in [0.1, 0.15) is 69.6 Å². The molecule has 0 bridgehead atoms. The topological polar surface area (TPSA) is 59.7 Å². The summed E-state index contributed by atoms with van der Waals surface area (Å²) in [5.41, 5.74) is 2.81. The molecule has 1 aromatic heterocycles. The summed E-state index contributed by atoms with van der Waals surface area (Å²) in [6, 6.07) is 0. The lowest BCUT2D eigenvalue weighted by atomic mass is 9.58. The molecule has 0 fully saturated rings. The Morgan fingerprint density at radius 1 is 1.50 bits per heavy atom. The molecule has 0 aromatic carbocycles. The van der Waals surface area contributed by atoms with E-state index in [0.717, 1.165) is 29.5 Å². The van der Waals surface area contributed by atoms with Crippen LogP contribution in [0.5, 0.6) is 0 Å². The van der Waals surface area contributed by atoms with Crippen molar-refractivity contribution in [2.24, 2.45) is 11.3 Å². The van der Waals surface area contributed by atoms with Crippen LogP contribution in [0.2, 0.25) is 0 Å². The van der Waals surface area contributed by atoms with Gasteiger partial charge in [0.2, 0.25) is 0 Å². The highest BCUT2D eigenvalue weighted by Crippen LogP contribution is 2.60. The van der Waals surface area contributed by atoms with E-state index in [1.54, 1.807) is 19.3 Å². The minimum absolute atomic E-state index is 0.290. The Kier molecular flexibility index (Phi) is 4.20. The standard InChI is InChI=1S/C20H26O4/c1-6-11(2)19(22)24-18-15-12(3)10-23-17(15)16(21)14-9-7-8-13(4)20(14,18)5/h6,9-10,13,16,18,21H,7-8H2,1-5H3. The number of fused-ring (bicyclic) bond motifs is 2. The van der Waals surface area contributed by atoms with E-state index in [0.29, 0.717) is 17.3 Å². The van der Waals surface area contributed by atoms with Crippen molar-refractivity contribution in [3.63, 3.8) is 0 Å². The van der Waals surface area contributed by atoms with Gasteiger partial charge in [-0.1, -0.05) is 26.0 Å². The maximum atomic E-state index is 12.5. The second-order valence-electron chi connectivity index (χ2n) is 7.28. The van der Waals surface area contributed by atoms with E-state index in [4.69, 9.17) is 9.15 Å². The van der Waals surface area contributed by atoms with Gasteiger partial charge in [-0.05, 0) is 50.7 Å². The smallest absolute Gasteiger partial charge is 0.334 e. The number of aryl methyl sites for hydroxylation is 1. The first-order valence-corrected chi connectivity index (χ1v) is 8.62. The highest BCUT2D eigenvalue weighted by Gasteiger charge is 2.54. The zero-order chi connectivity index (χ0) is 17.6. The molecule has 4 unspecified atom stereocenters. The summed E-state index contributed by atoms with van der Waals surface area (Å²) in [6.45, 7) is 9.79. The third-order valence-corrected chi connectivity index (χ3v) is 5.99. The number of ether oxygens (including phenoxy) is 1. The lowest BCUT2D eigenvalue weighted by molar-refractivity contribution is -0.155. The highest BCUT2D eigenvalue weighted by atomic mass is 16.5. The van der Waals surface area contributed by atoms with Gasteiger partial charge in [0.05, 0.1) is 6.26 Å². The van der Waals surface area contributed by atoms with Crippen molar-refractivity contribution in [2.75, 3.05) is 0 Å². The molecule has 4 heteroatoms. The molecule has 0 saturated heterocycles. The molecule has 4 nitrogen and oxygen atoms in total. The van der Waals surface area contributed by atoms with E-state index in [2.05, 4.69) is 19.9 Å². The third kappa shape index (κ3) is 2.27. The fourth-order valence-corrected chi connectivity index (χ4v) is 4.07. The molecular weight excluding hydrogens is 304 g/mol. The maximum Gasteiger partial charge on any atom is 0.334 e. The maximum absolute atomic E-state index is 12.5. The van der Waals surface area contributed by atoms with E-state index < -0.39 is 17.6 Å². The van der Waals surface area contributed by atoms with Crippen LogP contribution in [0.4, 0.5) is 0 Å². The predicted octanol–water partition coefficient (Wildman–Crippen LogP) is 4.55. The minimum Gasteiger partial charge on any atom is -0.465 e. The molecule has 0 radical (unpaired) electrons. The fourth-order valence-electron chi connectivity index (χ4n) is 4.07. The fraction of sp³-hybridized carbons (Fsp3) is 0.550. The Balaban J connectivity index is 2.16. The van der Waals surface area contributed by atoms with Gasteiger partial charge in [0.1, 0.15) is 18.0 Å². The van der Waals surface area contributed by atoms with Crippen molar-refractivity contribution < 1.29 is 19.1 Å². The van der Waals surface area contributed by atoms with Crippen LogP contribution >= 0.6 is 0 Å². The van der Waals surface area contributed by atoms with Crippen molar-refractivity contribution in [2.45, 2.75) is 59.7 Å². The molecule has 2 aliphatic carbocycles. The Bertz CT molecular complexity index is 724. The van der Waals surface area contributed by atoms with Crippen molar-refractivity contribution in [1.82, 2.24) is 0 Å². The predicted molar refractivity (Wildman–Crippen MR) is 91.3 cm³/mol. The summed E-state index contributed by atoms with van der Waals surface area (Å²) < 4.78 is 11.6. The number of carbonyl (C=O) groups is 1. The number of esters is 1. The Hall–Kier alpha value is -1.81. The average Bonchev–Trinajstić information content (AvgIpc) is 2.94. The number of aliphatic hydroxyl groups is 1. The lowest BCUT2D eigenvalue weighted by Crippen LogP contribution is -2.44. The van der Waals surface area contributed by atoms with Crippen molar-refractivity contribution in [3.05, 3.63) is 46.4 Å².